The molecule has 2 aliphatic rings. The molecule has 3 N–H and O–H groups in total. The van der Waals surface area contributed by atoms with Gasteiger partial charge in [0.2, 0.25) is 0 Å². The van der Waals surface area contributed by atoms with Gasteiger partial charge in [0.25, 0.3) is 0 Å². The molecule has 0 amide bonds. The van der Waals surface area contributed by atoms with Crippen molar-refractivity contribution in [2.24, 2.45) is 0 Å². The Morgan fingerprint density at radius 2 is 1.90 bits per heavy atom. The Labute approximate surface area is 127 Å². The van der Waals surface area contributed by atoms with Gasteiger partial charge in [0.1, 0.15) is 0 Å². The van der Waals surface area contributed by atoms with Crippen LogP contribution < -0.4 is 10.6 Å². The first-order valence-electron chi connectivity index (χ1n) is 7.90. The lowest BCUT2D eigenvalue weighted by Gasteiger charge is -2.49. The number of benzene rings is 1. The molecule has 1 aromatic carbocycles. The van der Waals surface area contributed by atoms with Crippen LogP contribution in [0.15, 0.2) is 24.3 Å². The van der Waals surface area contributed by atoms with E-state index in [-0.39, 0.29) is 11.1 Å². The van der Waals surface area contributed by atoms with E-state index >= 15 is 0 Å². The first kappa shape index (κ1) is 15.0. The predicted molar refractivity (Wildman–Crippen MR) is 84.9 cm³/mol. The van der Waals surface area contributed by atoms with Crippen molar-refractivity contribution in [3.63, 3.8) is 0 Å². The van der Waals surface area contributed by atoms with Gasteiger partial charge < -0.3 is 5.11 Å². The lowest BCUT2D eigenvalue weighted by atomic mass is 9.68. The van der Waals surface area contributed by atoms with E-state index in [1.807, 2.05) is 0 Å². The molecule has 21 heavy (non-hydrogen) atoms. The highest BCUT2D eigenvalue weighted by molar-refractivity contribution is 5.30. The van der Waals surface area contributed by atoms with E-state index < -0.39 is 6.35 Å². The summed E-state index contributed by atoms with van der Waals surface area (Å²) in [6, 6.07) is 8.92. The summed E-state index contributed by atoms with van der Waals surface area (Å²) < 4.78 is 0. The monoisotopic (exact) mass is 289 g/mol. The summed E-state index contributed by atoms with van der Waals surface area (Å²) in [5.41, 5.74) is 2.94. The maximum atomic E-state index is 9.71. The Morgan fingerprint density at radius 1 is 1.19 bits per heavy atom. The van der Waals surface area contributed by atoms with Crippen molar-refractivity contribution in [1.29, 1.82) is 0 Å². The van der Waals surface area contributed by atoms with E-state index in [0.29, 0.717) is 0 Å². The molecular formula is C17H27N3O. The minimum absolute atomic E-state index is 0.0722. The fourth-order valence-electron chi connectivity index (χ4n) is 4.08. The van der Waals surface area contributed by atoms with Gasteiger partial charge in [-0.05, 0) is 52.3 Å². The molecule has 0 bridgehead atoms. The quantitative estimate of drug-likeness (QED) is 0.773. The molecule has 4 heteroatoms. The molecule has 1 unspecified atom stereocenters. The Balaban J connectivity index is 1.85. The standard InChI is InChI=1S/C17H27N3O/c1-13-5-4-6-14(11-13)17(20(2)3)9-7-16(8-10-17)12-18-15(21)19-16/h4-6,11,15,18-19,21H,7-10,12H2,1-3H3/t15?,16-,17+. The van der Waals surface area contributed by atoms with Crippen LogP contribution >= 0.6 is 0 Å². The van der Waals surface area contributed by atoms with Crippen molar-refractivity contribution >= 4 is 0 Å². The number of aliphatic hydroxyl groups excluding tert-OH is 1. The van der Waals surface area contributed by atoms with E-state index in [1.165, 1.54) is 11.1 Å². The zero-order valence-electron chi connectivity index (χ0n) is 13.3. The van der Waals surface area contributed by atoms with Gasteiger partial charge in [-0.25, -0.2) is 0 Å². The maximum absolute atomic E-state index is 9.71. The second-order valence-electron chi connectivity index (χ2n) is 7.00. The smallest absolute Gasteiger partial charge is 0.161 e. The van der Waals surface area contributed by atoms with Crippen molar-refractivity contribution in [3.05, 3.63) is 35.4 Å². The van der Waals surface area contributed by atoms with Gasteiger partial charge in [0, 0.05) is 17.6 Å². The maximum Gasteiger partial charge on any atom is 0.161 e. The third-order valence-electron chi connectivity index (χ3n) is 5.52. The summed E-state index contributed by atoms with van der Waals surface area (Å²) in [7, 11) is 4.38. The molecule has 1 atom stereocenters. The molecule has 1 aliphatic heterocycles. The number of nitrogens with one attached hydrogen (secondary N) is 2. The van der Waals surface area contributed by atoms with Crippen LogP contribution in [0.25, 0.3) is 0 Å². The third kappa shape index (κ3) is 2.61. The lowest BCUT2D eigenvalue weighted by Crippen LogP contribution is -2.54. The van der Waals surface area contributed by atoms with E-state index in [2.05, 4.69) is 60.8 Å². The predicted octanol–water partition coefficient (Wildman–Crippen LogP) is 1.53. The van der Waals surface area contributed by atoms with Gasteiger partial charge in [-0.3, -0.25) is 15.5 Å². The molecule has 2 fully saturated rings. The zero-order valence-corrected chi connectivity index (χ0v) is 13.3. The molecule has 1 saturated heterocycles. The number of hydrogen-bond donors (Lipinski definition) is 3. The van der Waals surface area contributed by atoms with Crippen molar-refractivity contribution in [1.82, 2.24) is 15.5 Å². The summed E-state index contributed by atoms with van der Waals surface area (Å²) in [6.45, 7) is 3.03. The second-order valence-corrected chi connectivity index (χ2v) is 7.00. The van der Waals surface area contributed by atoms with E-state index in [9.17, 15) is 5.11 Å². The Hall–Kier alpha value is -0.940. The second kappa shape index (κ2) is 5.36. The van der Waals surface area contributed by atoms with Crippen LogP contribution in [0.4, 0.5) is 0 Å². The molecule has 0 aromatic heterocycles. The number of rotatable bonds is 2. The lowest BCUT2D eigenvalue weighted by molar-refractivity contribution is 0.0503. The highest BCUT2D eigenvalue weighted by Gasteiger charge is 2.47. The average molecular weight is 289 g/mol. The molecule has 3 rings (SSSR count). The summed E-state index contributed by atoms with van der Waals surface area (Å²) in [6.07, 6.45) is 3.86. The topological polar surface area (TPSA) is 47.5 Å². The van der Waals surface area contributed by atoms with Crippen LogP contribution in [0.3, 0.4) is 0 Å². The summed E-state index contributed by atoms with van der Waals surface area (Å²) in [5.74, 6) is 0. The van der Waals surface area contributed by atoms with E-state index in [1.54, 1.807) is 0 Å². The summed E-state index contributed by atoms with van der Waals surface area (Å²) >= 11 is 0. The molecule has 116 valence electrons. The van der Waals surface area contributed by atoms with Crippen LogP contribution in [0.1, 0.15) is 36.8 Å². The summed E-state index contributed by atoms with van der Waals surface area (Å²) in [5, 5.41) is 16.2. The Bertz CT molecular complexity index is 507. The van der Waals surface area contributed by atoms with Crippen molar-refractivity contribution in [2.45, 2.75) is 50.0 Å². The highest BCUT2D eigenvalue weighted by Crippen LogP contribution is 2.45. The molecular weight excluding hydrogens is 262 g/mol. The van der Waals surface area contributed by atoms with Crippen molar-refractivity contribution in [2.75, 3.05) is 20.6 Å². The number of aryl methyl sites for hydroxylation is 1. The third-order valence-corrected chi connectivity index (χ3v) is 5.52. The Kier molecular flexibility index (Phi) is 3.82. The molecule has 4 nitrogen and oxygen atoms in total. The van der Waals surface area contributed by atoms with Gasteiger partial charge in [0.05, 0.1) is 0 Å². The molecule has 1 spiro atoms. The first-order chi connectivity index (χ1) is 9.96. The average Bonchev–Trinajstić information content (AvgIpc) is 2.81. The highest BCUT2D eigenvalue weighted by atomic mass is 16.3. The molecule has 1 heterocycles. The molecule has 1 aliphatic carbocycles. The number of hydrogen-bond acceptors (Lipinski definition) is 4. The largest absolute Gasteiger partial charge is 0.365 e. The zero-order chi connectivity index (χ0) is 15.1. The Morgan fingerprint density at radius 3 is 2.43 bits per heavy atom. The van der Waals surface area contributed by atoms with Crippen molar-refractivity contribution in [3.8, 4) is 0 Å². The fourth-order valence-corrected chi connectivity index (χ4v) is 4.08. The van der Waals surface area contributed by atoms with Crippen LogP contribution in [0, 0.1) is 6.92 Å². The first-order valence-corrected chi connectivity index (χ1v) is 7.90. The summed E-state index contributed by atoms with van der Waals surface area (Å²) in [4.78, 5) is 2.38. The van der Waals surface area contributed by atoms with Crippen LogP contribution in [0.2, 0.25) is 0 Å². The number of nitrogens with zero attached hydrogens (tertiary/aromatic N) is 1. The van der Waals surface area contributed by atoms with Crippen molar-refractivity contribution < 1.29 is 5.11 Å². The normalized spacial score (nSPS) is 36.5. The van der Waals surface area contributed by atoms with Gasteiger partial charge in [-0.15, -0.1) is 0 Å². The molecule has 1 saturated carbocycles. The van der Waals surface area contributed by atoms with Crippen LogP contribution in [-0.4, -0.2) is 42.5 Å². The van der Waals surface area contributed by atoms with Crippen LogP contribution in [-0.2, 0) is 5.54 Å². The van der Waals surface area contributed by atoms with Gasteiger partial charge in [-0.2, -0.15) is 0 Å². The van der Waals surface area contributed by atoms with E-state index in [0.717, 1.165) is 32.2 Å². The number of aliphatic hydroxyl groups is 1. The van der Waals surface area contributed by atoms with Crippen LogP contribution in [0.5, 0.6) is 0 Å². The van der Waals surface area contributed by atoms with Gasteiger partial charge in [-0.1, -0.05) is 29.8 Å². The SMILES string of the molecule is Cc1cccc([C@]2(N(C)C)CC[C@@]3(CC2)CNC(O)N3)c1. The van der Waals surface area contributed by atoms with Gasteiger partial charge in [0.15, 0.2) is 6.35 Å². The fraction of sp³-hybridized carbons (Fsp3) is 0.647. The van der Waals surface area contributed by atoms with E-state index in [4.69, 9.17) is 0 Å². The molecule has 0 radical (unpaired) electrons. The minimum Gasteiger partial charge on any atom is -0.365 e. The minimum atomic E-state index is -0.546. The van der Waals surface area contributed by atoms with Gasteiger partial charge >= 0.3 is 0 Å². The molecule has 1 aromatic rings.